The lowest BCUT2D eigenvalue weighted by Crippen LogP contribution is -2.53. The van der Waals surface area contributed by atoms with Gasteiger partial charge in [0.25, 0.3) is 0 Å². The molecule has 23 heavy (non-hydrogen) atoms. The quantitative estimate of drug-likeness (QED) is 0.731. The average Bonchev–Trinajstić information content (AvgIpc) is 2.86. The second kappa shape index (κ2) is 8.46. The van der Waals surface area contributed by atoms with Crippen molar-refractivity contribution in [2.24, 2.45) is 5.73 Å². The number of nitrogens with two attached hydrogens (primary N) is 1. The van der Waals surface area contributed by atoms with Crippen LogP contribution in [0, 0.1) is 0 Å². The van der Waals surface area contributed by atoms with Crippen LogP contribution in [-0.2, 0) is 20.4 Å². The minimum absolute atomic E-state index is 0. The third-order valence-electron chi connectivity index (χ3n) is 3.98. The van der Waals surface area contributed by atoms with Crippen molar-refractivity contribution in [3.05, 3.63) is 34.3 Å². The van der Waals surface area contributed by atoms with Crippen LogP contribution in [0.2, 0.25) is 0 Å². The van der Waals surface area contributed by atoms with E-state index in [0.29, 0.717) is 12.1 Å². The van der Waals surface area contributed by atoms with Gasteiger partial charge in [-0.25, -0.2) is 8.42 Å². The van der Waals surface area contributed by atoms with Gasteiger partial charge in [0.1, 0.15) is 5.75 Å². The molecule has 0 heterocycles. The predicted molar refractivity (Wildman–Crippen MR) is 97.3 cm³/mol. The summed E-state index contributed by atoms with van der Waals surface area (Å²) in [7, 11) is -3.50. The lowest BCUT2D eigenvalue weighted by Gasteiger charge is -2.28. The number of carbonyl (C=O) groups is 1. The summed E-state index contributed by atoms with van der Waals surface area (Å²) >= 11 is 3.31. The molecule has 5 nitrogen and oxygen atoms in total. The molecule has 1 aliphatic rings. The molecule has 0 bridgehead atoms. The van der Waals surface area contributed by atoms with Gasteiger partial charge in [0.15, 0.2) is 9.84 Å². The van der Waals surface area contributed by atoms with Gasteiger partial charge < -0.3 is 11.1 Å². The van der Waals surface area contributed by atoms with E-state index in [1.807, 2.05) is 6.07 Å². The molecule has 0 aromatic heterocycles. The third-order valence-corrected chi connectivity index (χ3v) is 5.95. The van der Waals surface area contributed by atoms with E-state index < -0.39 is 27.0 Å². The molecule has 1 amide bonds. The topological polar surface area (TPSA) is 89.3 Å². The minimum Gasteiger partial charge on any atom is -0.349 e. The van der Waals surface area contributed by atoms with Crippen LogP contribution in [0.3, 0.4) is 0 Å². The van der Waals surface area contributed by atoms with Crippen LogP contribution in [0.5, 0.6) is 0 Å². The van der Waals surface area contributed by atoms with Crippen LogP contribution in [0.25, 0.3) is 0 Å². The molecule has 0 atom stereocenters. The number of sulfone groups is 1. The van der Waals surface area contributed by atoms with Crippen LogP contribution < -0.4 is 11.1 Å². The SMILES string of the molecule is Cl.NCC1(NC(=O)CS(=O)(=O)Cc2cccc(Br)c2)CCCC1. The molecule has 1 saturated carbocycles. The number of nitrogens with one attached hydrogen (secondary N) is 1. The summed E-state index contributed by atoms with van der Waals surface area (Å²) in [4.78, 5) is 12.1. The molecule has 3 N–H and O–H groups in total. The van der Waals surface area contributed by atoms with E-state index in [9.17, 15) is 13.2 Å². The summed E-state index contributed by atoms with van der Waals surface area (Å²) in [5, 5.41) is 2.84. The smallest absolute Gasteiger partial charge is 0.235 e. The molecule has 0 aliphatic heterocycles. The highest BCUT2D eigenvalue weighted by Gasteiger charge is 2.34. The molecule has 1 fully saturated rings. The van der Waals surface area contributed by atoms with Crippen molar-refractivity contribution in [1.29, 1.82) is 0 Å². The summed E-state index contributed by atoms with van der Waals surface area (Å²) in [6.07, 6.45) is 3.67. The van der Waals surface area contributed by atoms with Crippen molar-refractivity contribution in [2.45, 2.75) is 37.0 Å². The summed E-state index contributed by atoms with van der Waals surface area (Å²) in [6, 6.07) is 7.08. The standard InChI is InChI=1S/C15H21BrN2O3S.ClH/c16-13-5-3-4-12(8-13)9-22(20,21)10-14(19)18-15(11-17)6-1-2-7-15;/h3-5,8H,1-2,6-7,9-11,17H2,(H,18,19);1H. The maximum atomic E-state index is 12.2. The first-order valence-electron chi connectivity index (χ1n) is 7.30. The number of amides is 1. The van der Waals surface area contributed by atoms with Crippen LogP contribution in [0.4, 0.5) is 0 Å². The molecule has 0 saturated heterocycles. The van der Waals surface area contributed by atoms with Crippen molar-refractivity contribution in [3.8, 4) is 0 Å². The number of halogens is 2. The number of carbonyl (C=O) groups excluding carboxylic acids is 1. The van der Waals surface area contributed by atoms with Gasteiger partial charge in [-0.15, -0.1) is 12.4 Å². The Morgan fingerprint density at radius 1 is 1.30 bits per heavy atom. The number of rotatable bonds is 6. The van der Waals surface area contributed by atoms with Crippen molar-refractivity contribution in [1.82, 2.24) is 5.32 Å². The Hall–Kier alpha value is -0.630. The number of hydrogen-bond donors (Lipinski definition) is 2. The molecular formula is C15H22BrClN2O3S. The highest BCUT2D eigenvalue weighted by molar-refractivity contribution is 9.10. The minimum atomic E-state index is -3.50. The van der Waals surface area contributed by atoms with Gasteiger partial charge >= 0.3 is 0 Å². The van der Waals surface area contributed by atoms with Crippen LogP contribution in [0.15, 0.2) is 28.7 Å². The van der Waals surface area contributed by atoms with E-state index in [4.69, 9.17) is 5.73 Å². The molecule has 0 radical (unpaired) electrons. The third kappa shape index (κ3) is 6.06. The zero-order chi connectivity index (χ0) is 16.2. The highest BCUT2D eigenvalue weighted by Crippen LogP contribution is 2.28. The Morgan fingerprint density at radius 2 is 1.96 bits per heavy atom. The largest absolute Gasteiger partial charge is 0.349 e. The van der Waals surface area contributed by atoms with E-state index in [-0.39, 0.29) is 18.2 Å². The van der Waals surface area contributed by atoms with E-state index in [0.717, 1.165) is 30.2 Å². The van der Waals surface area contributed by atoms with Gasteiger partial charge in [0, 0.05) is 11.0 Å². The van der Waals surface area contributed by atoms with E-state index in [1.165, 1.54) is 0 Å². The van der Waals surface area contributed by atoms with Gasteiger partial charge in [0.05, 0.1) is 11.3 Å². The Bertz CT molecular complexity index is 646. The Morgan fingerprint density at radius 3 is 2.52 bits per heavy atom. The van der Waals surface area contributed by atoms with Crippen molar-refractivity contribution in [2.75, 3.05) is 12.3 Å². The first kappa shape index (κ1) is 20.4. The summed E-state index contributed by atoms with van der Waals surface area (Å²) in [6.45, 7) is 0.352. The normalized spacial score (nSPS) is 16.6. The van der Waals surface area contributed by atoms with Crippen molar-refractivity contribution >= 4 is 44.1 Å². The number of benzene rings is 1. The van der Waals surface area contributed by atoms with Gasteiger partial charge in [-0.1, -0.05) is 40.9 Å². The lowest BCUT2D eigenvalue weighted by atomic mass is 9.98. The molecule has 1 aliphatic carbocycles. The zero-order valence-corrected chi connectivity index (χ0v) is 16.0. The lowest BCUT2D eigenvalue weighted by molar-refractivity contribution is -0.120. The van der Waals surface area contributed by atoms with Crippen LogP contribution in [-0.4, -0.2) is 32.2 Å². The first-order chi connectivity index (χ1) is 10.3. The molecule has 130 valence electrons. The maximum Gasteiger partial charge on any atom is 0.235 e. The highest BCUT2D eigenvalue weighted by atomic mass is 79.9. The summed E-state index contributed by atoms with van der Waals surface area (Å²) < 4.78 is 25.2. The van der Waals surface area contributed by atoms with Crippen molar-refractivity contribution in [3.63, 3.8) is 0 Å². The Balaban J connectivity index is 0.00000264. The van der Waals surface area contributed by atoms with Gasteiger partial charge in [-0.3, -0.25) is 4.79 Å². The van der Waals surface area contributed by atoms with Gasteiger partial charge in [-0.2, -0.15) is 0 Å². The Labute approximate surface area is 151 Å². The Kier molecular flexibility index (Phi) is 7.51. The van der Waals surface area contributed by atoms with E-state index in [2.05, 4.69) is 21.2 Å². The first-order valence-corrected chi connectivity index (χ1v) is 9.92. The van der Waals surface area contributed by atoms with Crippen LogP contribution in [0.1, 0.15) is 31.2 Å². The molecule has 2 rings (SSSR count). The number of hydrogen-bond acceptors (Lipinski definition) is 4. The molecule has 8 heteroatoms. The molecule has 1 aromatic carbocycles. The van der Waals surface area contributed by atoms with Gasteiger partial charge in [-0.05, 0) is 30.5 Å². The fourth-order valence-electron chi connectivity index (χ4n) is 2.90. The summed E-state index contributed by atoms with van der Waals surface area (Å²) in [5.41, 5.74) is 6.00. The molecule has 0 unspecified atom stereocenters. The summed E-state index contributed by atoms with van der Waals surface area (Å²) in [5.74, 6) is -1.10. The second-order valence-corrected chi connectivity index (χ2v) is 8.88. The molecule has 0 spiro atoms. The fourth-order valence-corrected chi connectivity index (χ4v) is 4.60. The van der Waals surface area contributed by atoms with E-state index in [1.54, 1.807) is 18.2 Å². The second-order valence-electron chi connectivity index (χ2n) is 5.90. The van der Waals surface area contributed by atoms with Gasteiger partial charge in [0.2, 0.25) is 5.91 Å². The fraction of sp³-hybridized carbons (Fsp3) is 0.533. The maximum absolute atomic E-state index is 12.2. The predicted octanol–water partition coefficient (Wildman–Crippen LogP) is 2.17. The monoisotopic (exact) mass is 424 g/mol. The molecule has 1 aromatic rings. The molecular weight excluding hydrogens is 404 g/mol. The average molecular weight is 426 g/mol. The van der Waals surface area contributed by atoms with Crippen molar-refractivity contribution < 1.29 is 13.2 Å². The van der Waals surface area contributed by atoms with E-state index >= 15 is 0 Å². The van der Waals surface area contributed by atoms with Crippen LogP contribution >= 0.6 is 28.3 Å². The zero-order valence-electron chi connectivity index (χ0n) is 12.8.